The fraction of sp³-hybridized carbons (Fsp3) is 0.318. The van der Waals surface area contributed by atoms with Gasteiger partial charge in [-0.05, 0) is 77.2 Å². The van der Waals surface area contributed by atoms with Gasteiger partial charge in [0.2, 0.25) is 0 Å². The first-order valence-electron chi connectivity index (χ1n) is 9.75. The second-order valence-corrected chi connectivity index (χ2v) is 7.55. The molecular formula is C22H24BrN5O. The molecule has 1 aromatic heterocycles. The largest absolute Gasteiger partial charge is 0.492 e. The number of halogens is 1. The fourth-order valence-corrected chi connectivity index (χ4v) is 3.52. The second kappa shape index (κ2) is 10.6. The Morgan fingerprint density at radius 2 is 1.86 bits per heavy atom. The first-order valence-corrected chi connectivity index (χ1v) is 10.5. The lowest BCUT2D eigenvalue weighted by Crippen LogP contribution is -2.29. The Kier molecular flexibility index (Phi) is 7.65. The maximum atomic E-state index is 9.02. The van der Waals surface area contributed by atoms with Gasteiger partial charge >= 0.3 is 0 Å². The Bertz CT molecular complexity index is 935. The van der Waals surface area contributed by atoms with Crippen LogP contribution >= 0.6 is 15.9 Å². The molecule has 0 aliphatic heterocycles. The van der Waals surface area contributed by atoms with Crippen molar-refractivity contribution >= 4 is 21.6 Å². The summed E-state index contributed by atoms with van der Waals surface area (Å²) in [5, 5.41) is 19.0. The Labute approximate surface area is 179 Å². The molecule has 1 heterocycles. The van der Waals surface area contributed by atoms with Crippen LogP contribution in [0.4, 0.5) is 5.69 Å². The van der Waals surface area contributed by atoms with Crippen molar-refractivity contribution in [1.82, 2.24) is 14.9 Å². The number of aromatic nitrogens is 3. The molecule has 0 unspecified atom stereocenters. The van der Waals surface area contributed by atoms with Crippen LogP contribution in [0.2, 0.25) is 0 Å². The quantitative estimate of drug-likeness (QED) is 0.404. The van der Waals surface area contributed by atoms with E-state index in [1.165, 1.54) is 5.56 Å². The maximum Gasteiger partial charge on any atom is 0.139 e. The highest BCUT2D eigenvalue weighted by Gasteiger charge is 2.10. The predicted molar refractivity (Wildman–Crippen MR) is 117 cm³/mol. The van der Waals surface area contributed by atoms with Crippen molar-refractivity contribution in [3.8, 4) is 11.8 Å². The zero-order valence-corrected chi connectivity index (χ0v) is 18.0. The van der Waals surface area contributed by atoms with E-state index in [0.29, 0.717) is 5.56 Å². The Hall–Kier alpha value is -2.85. The summed E-state index contributed by atoms with van der Waals surface area (Å²) in [6, 6.07) is 16.0. The van der Waals surface area contributed by atoms with Crippen LogP contribution in [-0.2, 0) is 6.42 Å². The first kappa shape index (κ1) is 20.9. The molecule has 0 atom stereocenters. The molecule has 2 aromatic carbocycles. The summed E-state index contributed by atoms with van der Waals surface area (Å²) in [5.74, 6) is 0.894. The number of anilines is 1. The topological polar surface area (TPSA) is 67.0 Å². The predicted octanol–water partition coefficient (Wildman–Crippen LogP) is 4.99. The molecule has 0 saturated heterocycles. The van der Waals surface area contributed by atoms with Gasteiger partial charge in [-0.3, -0.25) is 5.01 Å². The summed E-state index contributed by atoms with van der Waals surface area (Å²) in [6.45, 7) is 3.69. The van der Waals surface area contributed by atoms with E-state index in [9.17, 15) is 0 Å². The van der Waals surface area contributed by atoms with Gasteiger partial charge in [-0.25, -0.2) is 4.68 Å². The SMILES string of the molecule is CCCCOc1ccc(CCCN(c2ccc(C#N)cc2)n2cnnc2)cc1Br. The molecule has 0 saturated carbocycles. The highest BCUT2D eigenvalue weighted by molar-refractivity contribution is 9.10. The molecule has 0 amide bonds. The van der Waals surface area contributed by atoms with Crippen molar-refractivity contribution in [2.45, 2.75) is 32.6 Å². The van der Waals surface area contributed by atoms with Crippen LogP contribution in [0.25, 0.3) is 0 Å². The first-order chi connectivity index (χ1) is 14.2. The lowest BCUT2D eigenvalue weighted by molar-refractivity contribution is 0.307. The number of rotatable bonds is 10. The van der Waals surface area contributed by atoms with E-state index in [1.807, 2.05) is 35.0 Å². The van der Waals surface area contributed by atoms with Crippen molar-refractivity contribution in [1.29, 1.82) is 5.26 Å². The minimum atomic E-state index is 0.642. The summed E-state index contributed by atoms with van der Waals surface area (Å²) in [7, 11) is 0. The Morgan fingerprint density at radius 3 is 2.52 bits per heavy atom. The Morgan fingerprint density at radius 1 is 1.10 bits per heavy atom. The summed E-state index contributed by atoms with van der Waals surface area (Å²) in [5.41, 5.74) is 2.89. The zero-order chi connectivity index (χ0) is 20.5. The highest BCUT2D eigenvalue weighted by Crippen LogP contribution is 2.27. The number of nitrogens with zero attached hydrogens (tertiary/aromatic N) is 5. The molecule has 0 fully saturated rings. The van der Waals surface area contributed by atoms with Gasteiger partial charge in [-0.15, -0.1) is 10.2 Å². The normalized spacial score (nSPS) is 10.5. The number of benzene rings is 2. The molecule has 3 aromatic rings. The number of hydrogen-bond donors (Lipinski definition) is 0. The van der Waals surface area contributed by atoms with Gasteiger partial charge < -0.3 is 4.74 Å². The number of ether oxygens (including phenoxy) is 1. The van der Waals surface area contributed by atoms with Crippen LogP contribution in [0.1, 0.15) is 37.3 Å². The Balaban J connectivity index is 1.63. The average molecular weight is 454 g/mol. The third-order valence-electron chi connectivity index (χ3n) is 4.57. The molecule has 150 valence electrons. The molecule has 7 heteroatoms. The number of unbranched alkanes of at least 4 members (excludes halogenated alkanes) is 1. The second-order valence-electron chi connectivity index (χ2n) is 6.69. The van der Waals surface area contributed by atoms with Crippen LogP contribution in [0.15, 0.2) is 59.6 Å². The lowest BCUT2D eigenvalue weighted by atomic mass is 10.1. The van der Waals surface area contributed by atoms with Gasteiger partial charge in [0.25, 0.3) is 0 Å². The molecule has 0 N–H and O–H groups in total. The van der Waals surface area contributed by atoms with Gasteiger partial charge in [-0.1, -0.05) is 19.4 Å². The van der Waals surface area contributed by atoms with Crippen LogP contribution < -0.4 is 9.75 Å². The number of nitriles is 1. The van der Waals surface area contributed by atoms with Gasteiger partial charge in [0.05, 0.1) is 28.4 Å². The smallest absolute Gasteiger partial charge is 0.139 e. The molecule has 0 radical (unpaired) electrons. The summed E-state index contributed by atoms with van der Waals surface area (Å²) < 4.78 is 8.66. The van der Waals surface area contributed by atoms with Gasteiger partial charge in [0.1, 0.15) is 18.4 Å². The standard InChI is InChI=1S/C22H24BrN5O/c1-2-3-13-29-22-11-8-18(14-21(22)23)5-4-12-28(27-16-25-26-17-27)20-9-6-19(15-24)7-10-20/h6-11,14,16-17H,2-5,12-13H2,1H3. The van der Waals surface area contributed by atoms with E-state index < -0.39 is 0 Å². The van der Waals surface area contributed by atoms with Crippen molar-refractivity contribution in [3.05, 3.63) is 70.7 Å². The summed E-state index contributed by atoms with van der Waals surface area (Å²) >= 11 is 3.62. The van der Waals surface area contributed by atoms with Crippen LogP contribution in [0.3, 0.4) is 0 Å². The molecule has 0 bridgehead atoms. The van der Waals surface area contributed by atoms with Gasteiger partial charge in [0.15, 0.2) is 0 Å². The molecule has 6 nitrogen and oxygen atoms in total. The van der Waals surface area contributed by atoms with Gasteiger partial charge in [0, 0.05) is 6.54 Å². The molecular weight excluding hydrogens is 430 g/mol. The van der Waals surface area contributed by atoms with E-state index in [4.69, 9.17) is 10.00 Å². The fourth-order valence-electron chi connectivity index (χ4n) is 2.98. The van der Waals surface area contributed by atoms with E-state index >= 15 is 0 Å². The van der Waals surface area contributed by atoms with E-state index in [2.05, 4.69) is 56.3 Å². The summed E-state index contributed by atoms with van der Waals surface area (Å²) in [6.07, 6.45) is 7.41. The van der Waals surface area contributed by atoms with E-state index in [-0.39, 0.29) is 0 Å². The summed E-state index contributed by atoms with van der Waals surface area (Å²) in [4.78, 5) is 0. The third kappa shape index (κ3) is 5.81. The zero-order valence-electron chi connectivity index (χ0n) is 16.5. The van der Waals surface area contributed by atoms with Crippen molar-refractivity contribution in [2.24, 2.45) is 0 Å². The molecule has 0 spiro atoms. The highest BCUT2D eigenvalue weighted by atomic mass is 79.9. The minimum Gasteiger partial charge on any atom is -0.492 e. The molecule has 0 aliphatic carbocycles. The van der Waals surface area contributed by atoms with Crippen molar-refractivity contribution in [2.75, 3.05) is 18.2 Å². The molecule has 3 rings (SSSR count). The number of aryl methyl sites for hydroxylation is 1. The van der Waals surface area contributed by atoms with E-state index in [1.54, 1.807) is 12.7 Å². The van der Waals surface area contributed by atoms with Crippen molar-refractivity contribution in [3.63, 3.8) is 0 Å². The van der Waals surface area contributed by atoms with Crippen LogP contribution in [-0.4, -0.2) is 28.0 Å². The van der Waals surface area contributed by atoms with Crippen LogP contribution in [0, 0.1) is 11.3 Å². The monoisotopic (exact) mass is 453 g/mol. The average Bonchev–Trinajstić information content (AvgIpc) is 3.27. The lowest BCUT2D eigenvalue weighted by Gasteiger charge is -2.25. The number of hydrogen-bond acceptors (Lipinski definition) is 5. The minimum absolute atomic E-state index is 0.642. The third-order valence-corrected chi connectivity index (χ3v) is 5.19. The van der Waals surface area contributed by atoms with E-state index in [0.717, 1.165) is 54.7 Å². The maximum absolute atomic E-state index is 9.02. The molecule has 29 heavy (non-hydrogen) atoms. The molecule has 0 aliphatic rings. The van der Waals surface area contributed by atoms with Crippen LogP contribution in [0.5, 0.6) is 5.75 Å². The van der Waals surface area contributed by atoms with Crippen molar-refractivity contribution < 1.29 is 4.74 Å². The van der Waals surface area contributed by atoms with Gasteiger partial charge in [-0.2, -0.15) is 5.26 Å².